The maximum Gasteiger partial charge on any atom is 0.253 e. The molecule has 0 aromatic heterocycles. The normalized spacial score (nSPS) is 11.8. The molecule has 2 aromatic carbocycles. The number of ether oxygens (including phenoxy) is 1. The smallest absolute Gasteiger partial charge is 0.253 e. The highest BCUT2D eigenvalue weighted by Gasteiger charge is 2.13. The van der Waals surface area contributed by atoms with E-state index in [2.05, 4.69) is 41.8 Å². The molecule has 0 heterocycles. The number of carbonyl (C=O) groups is 1. The number of anilines is 2. The third-order valence-corrected chi connectivity index (χ3v) is 3.99. The lowest BCUT2D eigenvalue weighted by Gasteiger charge is -2.18. The van der Waals surface area contributed by atoms with Gasteiger partial charge in [-0.15, -0.1) is 0 Å². The van der Waals surface area contributed by atoms with Crippen LogP contribution in [-0.2, 0) is 11.2 Å². The first-order valence-corrected chi connectivity index (χ1v) is 8.57. The van der Waals surface area contributed by atoms with Crippen molar-refractivity contribution in [2.24, 2.45) is 0 Å². The summed E-state index contributed by atoms with van der Waals surface area (Å²) >= 11 is 0. The summed E-state index contributed by atoms with van der Waals surface area (Å²) in [6.45, 7) is 3.06. The lowest BCUT2D eigenvalue weighted by atomic mass is 10.0. The molecule has 0 fully saturated rings. The van der Waals surface area contributed by atoms with Crippen LogP contribution in [-0.4, -0.2) is 32.2 Å². The van der Waals surface area contributed by atoms with Gasteiger partial charge in [0.05, 0.1) is 12.2 Å². The first kappa shape index (κ1) is 18.8. The molecule has 5 heteroatoms. The molecule has 2 rings (SSSR count). The molecule has 0 aliphatic carbocycles. The van der Waals surface area contributed by atoms with Gasteiger partial charge in [-0.2, -0.15) is 0 Å². The lowest BCUT2D eigenvalue weighted by Crippen LogP contribution is -2.28. The van der Waals surface area contributed by atoms with Crippen LogP contribution in [0, 0.1) is 0 Å². The van der Waals surface area contributed by atoms with E-state index in [9.17, 15) is 4.79 Å². The molecule has 0 aliphatic heterocycles. The molecule has 1 amide bonds. The number of hydrogen-bond acceptors (Lipinski definition) is 4. The Morgan fingerprint density at radius 2 is 1.96 bits per heavy atom. The van der Waals surface area contributed by atoms with Crippen LogP contribution in [0.1, 0.15) is 29.3 Å². The summed E-state index contributed by atoms with van der Waals surface area (Å²) in [6.07, 6.45) is 1.96. The molecule has 0 bridgehead atoms. The predicted molar refractivity (Wildman–Crippen MR) is 103 cm³/mol. The fourth-order valence-electron chi connectivity index (χ4n) is 2.60. The minimum Gasteiger partial charge on any atom is -0.399 e. The molecule has 25 heavy (non-hydrogen) atoms. The Balaban J connectivity index is 1.99. The Kier molecular flexibility index (Phi) is 7.29. The summed E-state index contributed by atoms with van der Waals surface area (Å²) in [5, 5.41) is 6.27. The molecule has 134 valence electrons. The van der Waals surface area contributed by atoms with Crippen molar-refractivity contribution in [2.75, 3.05) is 31.3 Å². The van der Waals surface area contributed by atoms with Gasteiger partial charge in [0.25, 0.3) is 5.91 Å². The van der Waals surface area contributed by atoms with E-state index in [0.717, 1.165) is 18.5 Å². The number of methoxy groups -OCH3 is 1. The standard InChI is InChI=1S/C20H27N3O2/c1-15(8-9-16-6-4-3-5-7-16)23-19-11-10-17(21)14-18(19)20(24)22-12-13-25-2/h3-7,10-11,14-15,23H,8-9,12-13,21H2,1-2H3,(H,22,24)/t15-/m0/s1. The van der Waals surface area contributed by atoms with Gasteiger partial charge in [-0.05, 0) is 43.5 Å². The zero-order chi connectivity index (χ0) is 18.1. The highest BCUT2D eigenvalue weighted by atomic mass is 16.5. The van der Waals surface area contributed by atoms with Crippen LogP contribution < -0.4 is 16.4 Å². The first-order valence-electron chi connectivity index (χ1n) is 8.57. The molecule has 0 saturated heterocycles. The highest BCUT2D eigenvalue weighted by Crippen LogP contribution is 2.21. The van der Waals surface area contributed by atoms with Gasteiger partial charge < -0.3 is 21.1 Å². The molecular formula is C20H27N3O2. The quantitative estimate of drug-likeness (QED) is 0.484. The second-order valence-corrected chi connectivity index (χ2v) is 6.12. The maximum atomic E-state index is 12.4. The fraction of sp³-hybridized carbons (Fsp3) is 0.350. The van der Waals surface area contributed by atoms with Gasteiger partial charge in [0.15, 0.2) is 0 Å². The van der Waals surface area contributed by atoms with E-state index in [1.54, 1.807) is 19.2 Å². The topological polar surface area (TPSA) is 76.4 Å². The van der Waals surface area contributed by atoms with Crippen molar-refractivity contribution < 1.29 is 9.53 Å². The second-order valence-electron chi connectivity index (χ2n) is 6.12. The summed E-state index contributed by atoms with van der Waals surface area (Å²) in [6, 6.07) is 16.0. The number of benzene rings is 2. The number of rotatable bonds is 9. The highest BCUT2D eigenvalue weighted by molar-refractivity contribution is 6.00. The molecule has 0 spiro atoms. The van der Waals surface area contributed by atoms with Gasteiger partial charge in [-0.25, -0.2) is 0 Å². The van der Waals surface area contributed by atoms with Crippen molar-refractivity contribution in [3.05, 3.63) is 59.7 Å². The molecule has 0 saturated carbocycles. The van der Waals surface area contributed by atoms with E-state index >= 15 is 0 Å². The number of amides is 1. The Labute approximate surface area is 149 Å². The Morgan fingerprint density at radius 3 is 2.68 bits per heavy atom. The first-order chi connectivity index (χ1) is 12.1. The van der Waals surface area contributed by atoms with Crippen LogP contribution in [0.5, 0.6) is 0 Å². The summed E-state index contributed by atoms with van der Waals surface area (Å²) in [4.78, 5) is 12.4. The van der Waals surface area contributed by atoms with Crippen molar-refractivity contribution in [2.45, 2.75) is 25.8 Å². The third kappa shape index (κ3) is 6.12. The van der Waals surface area contributed by atoms with Gasteiger partial charge in [-0.3, -0.25) is 4.79 Å². The SMILES string of the molecule is COCCNC(=O)c1cc(N)ccc1N[C@@H](C)CCc1ccccc1. The van der Waals surface area contributed by atoms with Crippen molar-refractivity contribution >= 4 is 17.3 Å². The Hall–Kier alpha value is -2.53. The van der Waals surface area contributed by atoms with Crippen molar-refractivity contribution in [3.63, 3.8) is 0 Å². The van der Waals surface area contributed by atoms with Crippen LogP contribution in [0.3, 0.4) is 0 Å². The van der Waals surface area contributed by atoms with E-state index < -0.39 is 0 Å². The summed E-state index contributed by atoms with van der Waals surface area (Å²) < 4.78 is 4.97. The van der Waals surface area contributed by atoms with Crippen LogP contribution in [0.25, 0.3) is 0 Å². The van der Waals surface area contributed by atoms with Gasteiger partial charge in [0.2, 0.25) is 0 Å². The third-order valence-electron chi connectivity index (χ3n) is 3.99. The van der Waals surface area contributed by atoms with E-state index in [4.69, 9.17) is 10.5 Å². The van der Waals surface area contributed by atoms with Gasteiger partial charge in [-0.1, -0.05) is 30.3 Å². The Morgan fingerprint density at radius 1 is 1.20 bits per heavy atom. The number of nitrogens with two attached hydrogens (primary N) is 1. The van der Waals surface area contributed by atoms with E-state index in [1.807, 2.05) is 12.1 Å². The van der Waals surface area contributed by atoms with Gasteiger partial charge >= 0.3 is 0 Å². The fourth-order valence-corrected chi connectivity index (χ4v) is 2.60. The molecular weight excluding hydrogens is 314 g/mol. The van der Waals surface area contributed by atoms with Gasteiger partial charge in [0, 0.05) is 31.1 Å². The number of hydrogen-bond donors (Lipinski definition) is 3. The second kappa shape index (κ2) is 9.69. The van der Waals surface area contributed by atoms with Gasteiger partial charge in [0.1, 0.15) is 0 Å². The van der Waals surface area contributed by atoms with Crippen molar-refractivity contribution in [1.29, 1.82) is 0 Å². The van der Waals surface area contributed by atoms with E-state index in [0.29, 0.717) is 24.4 Å². The molecule has 0 unspecified atom stereocenters. The maximum absolute atomic E-state index is 12.4. The largest absolute Gasteiger partial charge is 0.399 e. The molecule has 0 radical (unpaired) electrons. The average Bonchev–Trinajstić information content (AvgIpc) is 2.62. The molecule has 4 N–H and O–H groups in total. The summed E-state index contributed by atoms with van der Waals surface area (Å²) in [5.41, 5.74) is 9.09. The zero-order valence-corrected chi connectivity index (χ0v) is 14.9. The number of aryl methyl sites for hydroxylation is 1. The lowest BCUT2D eigenvalue weighted by molar-refractivity contribution is 0.0938. The van der Waals surface area contributed by atoms with E-state index in [1.165, 1.54) is 5.56 Å². The number of carbonyl (C=O) groups excluding carboxylic acids is 1. The zero-order valence-electron chi connectivity index (χ0n) is 14.9. The number of nitrogens with one attached hydrogen (secondary N) is 2. The summed E-state index contributed by atoms with van der Waals surface area (Å²) in [7, 11) is 1.61. The number of nitrogen functional groups attached to an aromatic ring is 1. The van der Waals surface area contributed by atoms with Crippen molar-refractivity contribution in [3.8, 4) is 0 Å². The van der Waals surface area contributed by atoms with Crippen LogP contribution in [0.4, 0.5) is 11.4 Å². The van der Waals surface area contributed by atoms with E-state index in [-0.39, 0.29) is 11.9 Å². The van der Waals surface area contributed by atoms with Crippen molar-refractivity contribution in [1.82, 2.24) is 5.32 Å². The molecule has 1 atom stereocenters. The summed E-state index contributed by atoms with van der Waals surface area (Å²) in [5.74, 6) is -0.151. The monoisotopic (exact) mass is 341 g/mol. The molecule has 0 aliphatic rings. The van der Waals surface area contributed by atoms with Crippen LogP contribution in [0.2, 0.25) is 0 Å². The minimum atomic E-state index is -0.151. The predicted octanol–water partition coefficient (Wildman–Crippen LogP) is 3.08. The van der Waals surface area contributed by atoms with Crippen LogP contribution in [0.15, 0.2) is 48.5 Å². The average molecular weight is 341 g/mol. The Bertz CT molecular complexity index is 674. The molecule has 5 nitrogen and oxygen atoms in total. The molecule has 2 aromatic rings. The minimum absolute atomic E-state index is 0.151. The van der Waals surface area contributed by atoms with Crippen LogP contribution >= 0.6 is 0 Å².